The highest BCUT2D eigenvalue weighted by molar-refractivity contribution is 7.07. The van der Waals surface area contributed by atoms with Gasteiger partial charge in [0.15, 0.2) is 0 Å². The highest BCUT2D eigenvalue weighted by Gasteiger charge is 1.97. The van der Waals surface area contributed by atoms with Crippen LogP contribution >= 0.6 is 11.3 Å². The molecule has 0 saturated carbocycles. The normalized spacial score (nSPS) is 11.9. The molecule has 0 saturated heterocycles. The van der Waals surface area contributed by atoms with Crippen LogP contribution in [0.4, 0.5) is 0 Å². The number of aliphatic imine (C=N–C) groups is 1. The molecule has 4 nitrogen and oxygen atoms in total. The van der Waals surface area contributed by atoms with Crippen molar-refractivity contribution < 1.29 is 4.74 Å². The Kier molecular flexibility index (Phi) is 3.69. The summed E-state index contributed by atoms with van der Waals surface area (Å²) in [6.45, 7) is 1.17. The van der Waals surface area contributed by atoms with Crippen LogP contribution in [-0.4, -0.2) is 31.1 Å². The van der Waals surface area contributed by atoms with E-state index in [0.29, 0.717) is 19.0 Å². The smallest absolute Gasteiger partial charge is 0.145 e. The average Bonchev–Trinajstić information content (AvgIpc) is 2.56. The Bertz CT molecular complexity index is 245. The van der Waals surface area contributed by atoms with Gasteiger partial charge in [-0.05, 0) is 0 Å². The second-order valence-electron chi connectivity index (χ2n) is 2.13. The van der Waals surface area contributed by atoms with Crippen molar-refractivity contribution in [2.75, 3.05) is 20.3 Å². The van der Waals surface area contributed by atoms with E-state index >= 15 is 0 Å². The number of amidine groups is 1. The molecule has 1 rings (SSSR count). The SMILES string of the molecule is COCCN=C(N)c1cscn1. The number of methoxy groups -OCH3 is 1. The van der Waals surface area contributed by atoms with E-state index in [1.807, 2.05) is 5.38 Å². The van der Waals surface area contributed by atoms with Crippen LogP contribution in [0.15, 0.2) is 15.9 Å². The Balaban J connectivity index is 2.47. The fourth-order valence-electron chi connectivity index (χ4n) is 0.677. The van der Waals surface area contributed by atoms with E-state index in [0.717, 1.165) is 5.69 Å². The summed E-state index contributed by atoms with van der Waals surface area (Å²) < 4.78 is 4.83. The van der Waals surface area contributed by atoms with Crippen molar-refractivity contribution in [2.45, 2.75) is 0 Å². The molecule has 12 heavy (non-hydrogen) atoms. The predicted octanol–water partition coefficient (Wildman–Crippen LogP) is 0.495. The summed E-state index contributed by atoms with van der Waals surface area (Å²) in [5, 5.41) is 1.87. The van der Waals surface area contributed by atoms with Gasteiger partial charge in [-0.15, -0.1) is 11.3 Å². The van der Waals surface area contributed by atoms with Crippen LogP contribution in [0, 0.1) is 0 Å². The molecule has 1 aromatic rings. The summed E-state index contributed by atoms with van der Waals surface area (Å²) in [4.78, 5) is 8.09. The molecule has 5 heteroatoms. The first-order valence-electron chi connectivity index (χ1n) is 3.52. The summed E-state index contributed by atoms with van der Waals surface area (Å²) in [7, 11) is 1.63. The monoisotopic (exact) mass is 185 g/mol. The molecular weight excluding hydrogens is 174 g/mol. The third-order valence-electron chi connectivity index (χ3n) is 1.27. The van der Waals surface area contributed by atoms with E-state index in [1.54, 1.807) is 12.6 Å². The molecule has 0 aliphatic carbocycles. The Labute approximate surface area is 75.1 Å². The molecular formula is C7H11N3OS. The van der Waals surface area contributed by atoms with Crippen LogP contribution in [0.25, 0.3) is 0 Å². The van der Waals surface area contributed by atoms with Crippen LogP contribution in [0.5, 0.6) is 0 Å². The first-order valence-corrected chi connectivity index (χ1v) is 4.46. The number of rotatable bonds is 4. The second kappa shape index (κ2) is 4.84. The number of hydrogen-bond donors (Lipinski definition) is 1. The van der Waals surface area contributed by atoms with E-state index in [-0.39, 0.29) is 0 Å². The number of hydrogen-bond acceptors (Lipinski definition) is 4. The van der Waals surface area contributed by atoms with Crippen LogP contribution in [0.3, 0.4) is 0 Å². The van der Waals surface area contributed by atoms with Gasteiger partial charge in [-0.3, -0.25) is 4.99 Å². The maximum Gasteiger partial charge on any atom is 0.145 e. The standard InChI is InChI=1S/C7H11N3OS/c1-11-3-2-9-7(8)6-4-12-5-10-6/h4-5H,2-3H2,1H3,(H2,8,9). The number of thiazole rings is 1. The lowest BCUT2D eigenvalue weighted by Gasteiger charge is -1.95. The van der Waals surface area contributed by atoms with Crippen molar-refractivity contribution >= 4 is 17.2 Å². The molecule has 0 atom stereocenters. The molecule has 0 bridgehead atoms. The zero-order valence-corrected chi connectivity index (χ0v) is 7.67. The minimum Gasteiger partial charge on any atom is -0.383 e. The molecule has 0 aliphatic heterocycles. The highest BCUT2D eigenvalue weighted by atomic mass is 32.1. The Hall–Kier alpha value is -0.940. The first-order chi connectivity index (χ1) is 5.84. The molecule has 0 fully saturated rings. The minimum absolute atomic E-state index is 0.480. The van der Waals surface area contributed by atoms with Gasteiger partial charge in [-0.25, -0.2) is 4.98 Å². The molecule has 0 aromatic carbocycles. The molecule has 0 radical (unpaired) electrons. The fraction of sp³-hybridized carbons (Fsp3) is 0.429. The van der Waals surface area contributed by atoms with Crippen LogP contribution in [0.2, 0.25) is 0 Å². The lowest BCUT2D eigenvalue weighted by atomic mass is 10.4. The first kappa shape index (κ1) is 9.15. The summed E-state index contributed by atoms with van der Waals surface area (Å²) in [6.07, 6.45) is 0. The Morgan fingerprint density at radius 3 is 3.25 bits per heavy atom. The van der Waals surface area contributed by atoms with E-state index < -0.39 is 0 Å². The number of nitrogens with zero attached hydrogens (tertiary/aromatic N) is 2. The molecule has 0 amide bonds. The van der Waals surface area contributed by atoms with E-state index in [9.17, 15) is 0 Å². The number of aromatic nitrogens is 1. The molecule has 66 valence electrons. The van der Waals surface area contributed by atoms with Crippen LogP contribution in [0.1, 0.15) is 5.69 Å². The van der Waals surface area contributed by atoms with E-state index in [2.05, 4.69) is 9.98 Å². The van der Waals surface area contributed by atoms with Gasteiger partial charge in [0, 0.05) is 12.5 Å². The quantitative estimate of drug-likeness (QED) is 0.422. The third kappa shape index (κ3) is 2.60. The van der Waals surface area contributed by atoms with Crippen LogP contribution < -0.4 is 5.73 Å². The molecule has 0 unspecified atom stereocenters. The molecule has 1 aromatic heterocycles. The van der Waals surface area contributed by atoms with Crippen molar-refractivity contribution in [3.63, 3.8) is 0 Å². The lowest BCUT2D eigenvalue weighted by Crippen LogP contribution is -2.15. The predicted molar refractivity (Wildman–Crippen MR) is 49.6 cm³/mol. The van der Waals surface area contributed by atoms with Gasteiger partial charge in [0.05, 0.1) is 18.7 Å². The molecule has 0 spiro atoms. The van der Waals surface area contributed by atoms with Crippen molar-refractivity contribution in [2.24, 2.45) is 10.7 Å². The van der Waals surface area contributed by atoms with Gasteiger partial charge in [0.2, 0.25) is 0 Å². The summed E-state index contributed by atoms with van der Waals surface area (Å²) in [5.74, 6) is 0.480. The highest BCUT2D eigenvalue weighted by Crippen LogP contribution is 1.99. The molecule has 0 aliphatic rings. The van der Waals surface area contributed by atoms with Gasteiger partial charge in [0.1, 0.15) is 11.5 Å². The van der Waals surface area contributed by atoms with Gasteiger partial charge < -0.3 is 10.5 Å². The van der Waals surface area contributed by atoms with Crippen molar-refractivity contribution in [1.82, 2.24) is 4.98 Å². The third-order valence-corrected chi connectivity index (χ3v) is 1.86. The fourth-order valence-corrected chi connectivity index (χ4v) is 1.22. The number of ether oxygens (including phenoxy) is 1. The second-order valence-corrected chi connectivity index (χ2v) is 2.85. The average molecular weight is 185 g/mol. The lowest BCUT2D eigenvalue weighted by molar-refractivity contribution is 0.208. The largest absolute Gasteiger partial charge is 0.383 e. The molecule has 2 N–H and O–H groups in total. The topological polar surface area (TPSA) is 60.5 Å². The van der Waals surface area contributed by atoms with Gasteiger partial charge in [-0.2, -0.15) is 0 Å². The zero-order valence-electron chi connectivity index (χ0n) is 6.86. The van der Waals surface area contributed by atoms with E-state index in [1.165, 1.54) is 11.3 Å². The maximum absolute atomic E-state index is 5.62. The molecule has 1 heterocycles. The minimum atomic E-state index is 0.480. The Morgan fingerprint density at radius 2 is 2.67 bits per heavy atom. The number of nitrogens with two attached hydrogens (primary N) is 1. The van der Waals surface area contributed by atoms with E-state index in [4.69, 9.17) is 10.5 Å². The summed E-state index contributed by atoms with van der Waals surface area (Å²) >= 11 is 1.50. The maximum atomic E-state index is 5.62. The van der Waals surface area contributed by atoms with Gasteiger partial charge >= 0.3 is 0 Å². The van der Waals surface area contributed by atoms with Gasteiger partial charge in [0.25, 0.3) is 0 Å². The van der Waals surface area contributed by atoms with Crippen LogP contribution in [-0.2, 0) is 4.74 Å². The van der Waals surface area contributed by atoms with Crippen molar-refractivity contribution in [3.8, 4) is 0 Å². The van der Waals surface area contributed by atoms with Crippen molar-refractivity contribution in [3.05, 3.63) is 16.6 Å². The van der Waals surface area contributed by atoms with Gasteiger partial charge in [-0.1, -0.05) is 0 Å². The van der Waals surface area contributed by atoms with Crippen molar-refractivity contribution in [1.29, 1.82) is 0 Å². The summed E-state index contributed by atoms with van der Waals surface area (Å²) in [5.41, 5.74) is 8.10. The summed E-state index contributed by atoms with van der Waals surface area (Å²) in [6, 6.07) is 0. The zero-order chi connectivity index (χ0) is 8.81. The Morgan fingerprint density at radius 1 is 1.83 bits per heavy atom.